The lowest BCUT2D eigenvalue weighted by molar-refractivity contribution is -0.344. The van der Waals surface area contributed by atoms with Gasteiger partial charge in [-0.3, -0.25) is 9.59 Å². The van der Waals surface area contributed by atoms with Crippen molar-refractivity contribution in [3.05, 3.63) is 47.7 Å². The Morgan fingerprint density at radius 3 is 2.35 bits per heavy atom. The van der Waals surface area contributed by atoms with Gasteiger partial charge in [0.2, 0.25) is 0 Å². The van der Waals surface area contributed by atoms with Gasteiger partial charge in [-0.05, 0) is 37.6 Å². The van der Waals surface area contributed by atoms with E-state index >= 15 is 0 Å². The zero-order valence-electron chi connectivity index (χ0n) is 18.4. The zero-order valence-corrected chi connectivity index (χ0v) is 18.4. The Morgan fingerprint density at radius 1 is 1.00 bits per heavy atom. The minimum absolute atomic E-state index is 0.0740. The van der Waals surface area contributed by atoms with E-state index in [4.69, 9.17) is 15.0 Å². The number of hydroxylamine groups is 1. The van der Waals surface area contributed by atoms with Crippen molar-refractivity contribution in [3.63, 3.8) is 0 Å². The number of unbranched alkanes of at least 4 members (excludes halogenated alkanes) is 6. The van der Waals surface area contributed by atoms with Crippen LogP contribution in [0, 0.1) is 0 Å². The number of hydrogen-bond donors (Lipinski definition) is 3. The number of allylic oxidation sites excluding steroid dienone is 1. The molecule has 0 heterocycles. The summed E-state index contributed by atoms with van der Waals surface area (Å²) >= 11 is 0. The molecular weight excluding hydrogens is 400 g/mol. The highest BCUT2D eigenvalue weighted by molar-refractivity contribution is 6.04. The van der Waals surface area contributed by atoms with Crippen LogP contribution in [0.2, 0.25) is 0 Å². The number of carboxylic acid groups (broad SMARTS) is 1. The van der Waals surface area contributed by atoms with Gasteiger partial charge < -0.3 is 10.4 Å². The highest BCUT2D eigenvalue weighted by atomic mass is 17.3. The van der Waals surface area contributed by atoms with Crippen LogP contribution in [0.25, 0.3) is 0 Å². The second kappa shape index (κ2) is 16.0. The summed E-state index contributed by atoms with van der Waals surface area (Å²) in [5, 5.41) is 11.8. The fourth-order valence-electron chi connectivity index (χ4n) is 2.84. The number of amides is 2. The van der Waals surface area contributed by atoms with E-state index in [9.17, 15) is 14.4 Å². The maximum atomic E-state index is 12.4. The highest BCUT2D eigenvalue weighted by Gasteiger charge is 2.21. The van der Waals surface area contributed by atoms with Gasteiger partial charge in [0.1, 0.15) is 0 Å². The van der Waals surface area contributed by atoms with Crippen LogP contribution in [0.1, 0.15) is 92.4 Å². The Labute approximate surface area is 183 Å². The Kier molecular flexibility index (Phi) is 13.6. The SMILES string of the molecule is CCCCCCCC=CNC(=O)C(CCCC)OONC(=O)c1ccccc1C(=O)O. The predicted molar refractivity (Wildman–Crippen MR) is 117 cm³/mol. The molecule has 31 heavy (non-hydrogen) atoms. The average Bonchev–Trinajstić information content (AvgIpc) is 2.77. The molecule has 0 aliphatic rings. The molecule has 8 nitrogen and oxygen atoms in total. The van der Waals surface area contributed by atoms with Gasteiger partial charge in [0.15, 0.2) is 6.10 Å². The van der Waals surface area contributed by atoms with E-state index < -0.39 is 18.0 Å². The molecule has 1 rings (SSSR count). The van der Waals surface area contributed by atoms with Crippen LogP contribution in [0.3, 0.4) is 0 Å². The number of carboxylic acids is 1. The molecule has 0 saturated heterocycles. The van der Waals surface area contributed by atoms with E-state index in [0.717, 1.165) is 25.7 Å². The Balaban J connectivity index is 2.48. The fourth-order valence-corrected chi connectivity index (χ4v) is 2.84. The van der Waals surface area contributed by atoms with E-state index in [2.05, 4.69) is 12.2 Å². The van der Waals surface area contributed by atoms with Crippen molar-refractivity contribution in [2.45, 2.75) is 77.7 Å². The first-order valence-corrected chi connectivity index (χ1v) is 10.9. The zero-order chi connectivity index (χ0) is 22.9. The fraction of sp³-hybridized carbons (Fsp3) is 0.522. The van der Waals surface area contributed by atoms with Crippen molar-refractivity contribution in [1.82, 2.24) is 10.8 Å². The standard InChI is InChI=1S/C23H34N2O6/c1-3-5-7-8-9-10-13-17-24-22(27)20(16-6-4-2)30-31-25-21(26)18-14-11-12-15-19(18)23(28)29/h11-15,17,20H,3-10,16H2,1-2H3,(H,24,27)(H,25,26)(H,28,29). The van der Waals surface area contributed by atoms with Gasteiger partial charge in [-0.2, -0.15) is 10.4 Å². The maximum Gasteiger partial charge on any atom is 0.336 e. The minimum Gasteiger partial charge on any atom is -0.478 e. The van der Waals surface area contributed by atoms with Crippen molar-refractivity contribution in [3.8, 4) is 0 Å². The van der Waals surface area contributed by atoms with Crippen LogP contribution in [-0.2, 0) is 14.7 Å². The molecule has 2 amide bonds. The lowest BCUT2D eigenvalue weighted by atomic mass is 10.1. The first-order valence-electron chi connectivity index (χ1n) is 10.9. The second-order valence-electron chi connectivity index (χ2n) is 7.21. The number of benzene rings is 1. The summed E-state index contributed by atoms with van der Waals surface area (Å²) in [6.45, 7) is 4.16. The van der Waals surface area contributed by atoms with E-state index in [0.29, 0.717) is 6.42 Å². The van der Waals surface area contributed by atoms with E-state index in [1.165, 1.54) is 49.9 Å². The Hall–Kier alpha value is -2.71. The number of nitrogens with one attached hydrogen (secondary N) is 2. The molecule has 0 saturated carbocycles. The average molecular weight is 435 g/mol. The van der Waals surface area contributed by atoms with Crippen LogP contribution in [0.15, 0.2) is 36.5 Å². The summed E-state index contributed by atoms with van der Waals surface area (Å²) in [5.74, 6) is -2.39. The monoisotopic (exact) mass is 434 g/mol. The molecule has 1 atom stereocenters. The molecule has 0 spiro atoms. The largest absolute Gasteiger partial charge is 0.478 e. The molecule has 0 aliphatic carbocycles. The van der Waals surface area contributed by atoms with Gasteiger partial charge in [-0.15, -0.1) is 4.99 Å². The molecular formula is C23H34N2O6. The smallest absolute Gasteiger partial charge is 0.336 e. The van der Waals surface area contributed by atoms with E-state index in [1.54, 1.807) is 6.20 Å². The normalized spacial score (nSPS) is 11.9. The number of rotatable bonds is 16. The molecule has 0 bridgehead atoms. The highest BCUT2D eigenvalue weighted by Crippen LogP contribution is 2.10. The minimum atomic E-state index is -1.23. The van der Waals surface area contributed by atoms with Crippen molar-refractivity contribution in [2.24, 2.45) is 0 Å². The molecule has 3 N–H and O–H groups in total. The van der Waals surface area contributed by atoms with Gasteiger partial charge in [0.05, 0.1) is 11.1 Å². The van der Waals surface area contributed by atoms with Crippen LogP contribution in [0.4, 0.5) is 0 Å². The van der Waals surface area contributed by atoms with Crippen molar-refractivity contribution in [1.29, 1.82) is 0 Å². The topological polar surface area (TPSA) is 114 Å². The van der Waals surface area contributed by atoms with Gasteiger partial charge >= 0.3 is 5.97 Å². The third-order valence-corrected chi connectivity index (χ3v) is 4.63. The van der Waals surface area contributed by atoms with Gasteiger partial charge in [0, 0.05) is 0 Å². The third kappa shape index (κ3) is 10.8. The molecule has 8 heteroatoms. The first-order chi connectivity index (χ1) is 15.0. The van der Waals surface area contributed by atoms with E-state index in [1.807, 2.05) is 18.5 Å². The molecule has 172 valence electrons. The van der Waals surface area contributed by atoms with Gasteiger partial charge in [-0.25, -0.2) is 4.79 Å². The summed E-state index contributed by atoms with van der Waals surface area (Å²) in [6, 6.07) is 5.72. The summed E-state index contributed by atoms with van der Waals surface area (Å²) in [7, 11) is 0. The van der Waals surface area contributed by atoms with Gasteiger partial charge in [-0.1, -0.05) is 70.6 Å². The van der Waals surface area contributed by atoms with Crippen LogP contribution in [-0.4, -0.2) is 29.0 Å². The summed E-state index contributed by atoms with van der Waals surface area (Å²) in [5.41, 5.74) is 1.80. The molecule has 1 aromatic carbocycles. The molecule has 1 aromatic rings. The number of aromatic carboxylic acids is 1. The molecule has 0 radical (unpaired) electrons. The summed E-state index contributed by atoms with van der Waals surface area (Å²) < 4.78 is 0. The van der Waals surface area contributed by atoms with Crippen LogP contribution in [0.5, 0.6) is 0 Å². The van der Waals surface area contributed by atoms with Crippen molar-refractivity contribution >= 4 is 17.8 Å². The summed E-state index contributed by atoms with van der Waals surface area (Å²) in [4.78, 5) is 45.6. The maximum absolute atomic E-state index is 12.4. The molecule has 0 aromatic heterocycles. The van der Waals surface area contributed by atoms with Crippen LogP contribution < -0.4 is 10.8 Å². The molecule has 0 fully saturated rings. The first kappa shape index (κ1) is 26.3. The number of hydrogen-bond acceptors (Lipinski definition) is 5. The predicted octanol–water partition coefficient (Wildman–Crippen LogP) is 4.53. The molecule has 1 unspecified atom stereocenters. The van der Waals surface area contributed by atoms with Crippen molar-refractivity contribution in [2.75, 3.05) is 0 Å². The summed E-state index contributed by atoms with van der Waals surface area (Å²) in [6.07, 6.45) is 11.4. The Bertz CT molecular complexity index is 720. The third-order valence-electron chi connectivity index (χ3n) is 4.63. The second-order valence-corrected chi connectivity index (χ2v) is 7.21. The number of carbonyl (C=O) groups is 3. The lowest BCUT2D eigenvalue weighted by Gasteiger charge is -2.15. The van der Waals surface area contributed by atoms with Crippen molar-refractivity contribution < 1.29 is 29.4 Å². The quantitative estimate of drug-likeness (QED) is 0.200. The van der Waals surface area contributed by atoms with Gasteiger partial charge in [0.25, 0.3) is 11.8 Å². The number of carbonyl (C=O) groups excluding carboxylic acids is 2. The lowest BCUT2D eigenvalue weighted by Crippen LogP contribution is -2.36. The van der Waals surface area contributed by atoms with E-state index in [-0.39, 0.29) is 17.0 Å². The Morgan fingerprint density at radius 2 is 1.68 bits per heavy atom. The van der Waals surface area contributed by atoms with Crippen LogP contribution >= 0.6 is 0 Å². The molecule has 0 aliphatic heterocycles.